The molecular formula is C11H16N2. The molecule has 2 rings (SSSR count). The van der Waals surface area contributed by atoms with Gasteiger partial charge in [0.15, 0.2) is 0 Å². The van der Waals surface area contributed by atoms with Crippen molar-refractivity contribution < 1.29 is 0 Å². The topological polar surface area (TPSA) is 24.1 Å². The van der Waals surface area contributed by atoms with Gasteiger partial charge in [0, 0.05) is 25.7 Å². The lowest BCUT2D eigenvalue weighted by molar-refractivity contribution is 0.365. The van der Waals surface area contributed by atoms with Crippen molar-refractivity contribution in [3.8, 4) is 0 Å². The van der Waals surface area contributed by atoms with E-state index in [1.807, 2.05) is 0 Å². The van der Waals surface area contributed by atoms with Gasteiger partial charge in [-0.15, -0.1) is 0 Å². The van der Waals surface area contributed by atoms with Gasteiger partial charge in [-0.25, -0.2) is 0 Å². The van der Waals surface area contributed by atoms with E-state index in [1.54, 1.807) is 0 Å². The zero-order chi connectivity index (χ0) is 9.10. The summed E-state index contributed by atoms with van der Waals surface area (Å²) in [4.78, 5) is 0. The molecule has 0 unspecified atom stereocenters. The summed E-state index contributed by atoms with van der Waals surface area (Å²) in [5, 5.41) is 6.74. The summed E-state index contributed by atoms with van der Waals surface area (Å²) in [6.07, 6.45) is 0. The van der Waals surface area contributed by atoms with Crippen LogP contribution in [0, 0.1) is 6.92 Å². The Morgan fingerprint density at radius 2 is 2.00 bits per heavy atom. The Bertz CT molecular complexity index is 262. The molecule has 0 spiro atoms. The fraction of sp³-hybridized carbons (Fsp3) is 0.455. The van der Waals surface area contributed by atoms with Crippen molar-refractivity contribution in [2.75, 3.05) is 13.1 Å². The third kappa shape index (κ3) is 2.29. The summed E-state index contributed by atoms with van der Waals surface area (Å²) in [5.41, 5.74) is 2.70. The summed E-state index contributed by atoms with van der Waals surface area (Å²) in [6, 6.07) is 9.39. The van der Waals surface area contributed by atoms with E-state index in [-0.39, 0.29) is 0 Å². The molecule has 1 aromatic carbocycles. The Hall–Kier alpha value is -0.860. The van der Waals surface area contributed by atoms with Crippen LogP contribution in [0.5, 0.6) is 0 Å². The molecule has 1 heterocycles. The van der Waals surface area contributed by atoms with Crippen LogP contribution in [-0.2, 0) is 6.54 Å². The SMILES string of the molecule is Cc1ccc(CNC2CNC2)cc1. The Morgan fingerprint density at radius 1 is 1.31 bits per heavy atom. The van der Waals surface area contributed by atoms with Gasteiger partial charge in [0.25, 0.3) is 0 Å². The van der Waals surface area contributed by atoms with Gasteiger partial charge in [-0.1, -0.05) is 29.8 Å². The van der Waals surface area contributed by atoms with Gasteiger partial charge < -0.3 is 10.6 Å². The zero-order valence-corrected chi connectivity index (χ0v) is 8.01. The summed E-state index contributed by atoms with van der Waals surface area (Å²) >= 11 is 0. The van der Waals surface area contributed by atoms with Crippen molar-refractivity contribution in [1.82, 2.24) is 10.6 Å². The van der Waals surface area contributed by atoms with Crippen LogP contribution in [0.3, 0.4) is 0 Å². The predicted octanol–water partition coefficient (Wildman–Crippen LogP) is 1.06. The molecule has 1 aliphatic rings. The lowest BCUT2D eigenvalue weighted by Gasteiger charge is -2.28. The molecule has 0 atom stereocenters. The molecular weight excluding hydrogens is 160 g/mol. The van der Waals surface area contributed by atoms with E-state index in [9.17, 15) is 0 Å². The van der Waals surface area contributed by atoms with Gasteiger partial charge in [-0.05, 0) is 12.5 Å². The quantitative estimate of drug-likeness (QED) is 0.719. The predicted molar refractivity (Wildman–Crippen MR) is 54.7 cm³/mol. The Kier molecular flexibility index (Phi) is 2.62. The van der Waals surface area contributed by atoms with Gasteiger partial charge in [0.2, 0.25) is 0 Å². The van der Waals surface area contributed by atoms with Crippen LogP contribution in [0.25, 0.3) is 0 Å². The first-order valence-corrected chi connectivity index (χ1v) is 4.84. The van der Waals surface area contributed by atoms with Crippen molar-refractivity contribution in [1.29, 1.82) is 0 Å². The third-order valence-electron chi connectivity index (χ3n) is 2.50. The second kappa shape index (κ2) is 3.90. The number of hydrogen-bond donors (Lipinski definition) is 2. The highest BCUT2D eigenvalue weighted by atomic mass is 15.1. The van der Waals surface area contributed by atoms with Crippen LogP contribution in [0.1, 0.15) is 11.1 Å². The van der Waals surface area contributed by atoms with Crippen LogP contribution < -0.4 is 10.6 Å². The normalized spacial score (nSPS) is 17.0. The number of rotatable bonds is 3. The highest BCUT2D eigenvalue weighted by molar-refractivity contribution is 5.21. The van der Waals surface area contributed by atoms with E-state index in [2.05, 4.69) is 41.8 Å². The number of benzene rings is 1. The van der Waals surface area contributed by atoms with Crippen molar-refractivity contribution >= 4 is 0 Å². The smallest absolute Gasteiger partial charge is 0.0320 e. The molecule has 2 N–H and O–H groups in total. The van der Waals surface area contributed by atoms with Gasteiger partial charge in [0.1, 0.15) is 0 Å². The first-order valence-electron chi connectivity index (χ1n) is 4.84. The molecule has 0 saturated carbocycles. The van der Waals surface area contributed by atoms with E-state index in [4.69, 9.17) is 0 Å². The first kappa shape index (κ1) is 8.73. The second-order valence-corrected chi connectivity index (χ2v) is 3.72. The monoisotopic (exact) mass is 176 g/mol. The average molecular weight is 176 g/mol. The fourth-order valence-electron chi connectivity index (χ4n) is 1.40. The lowest BCUT2D eigenvalue weighted by atomic mass is 10.1. The molecule has 0 bridgehead atoms. The highest BCUT2D eigenvalue weighted by Crippen LogP contribution is 2.03. The maximum Gasteiger partial charge on any atom is 0.0320 e. The number of aryl methyl sites for hydroxylation is 1. The Morgan fingerprint density at radius 3 is 2.54 bits per heavy atom. The average Bonchev–Trinajstić information content (AvgIpc) is 2.05. The molecule has 1 fully saturated rings. The molecule has 1 aliphatic heterocycles. The van der Waals surface area contributed by atoms with Crippen LogP contribution >= 0.6 is 0 Å². The largest absolute Gasteiger partial charge is 0.314 e. The van der Waals surface area contributed by atoms with E-state index < -0.39 is 0 Å². The molecule has 2 nitrogen and oxygen atoms in total. The van der Waals surface area contributed by atoms with Crippen molar-refractivity contribution in [2.24, 2.45) is 0 Å². The van der Waals surface area contributed by atoms with E-state index in [0.29, 0.717) is 6.04 Å². The number of hydrogen-bond acceptors (Lipinski definition) is 2. The third-order valence-corrected chi connectivity index (χ3v) is 2.50. The van der Waals surface area contributed by atoms with Crippen molar-refractivity contribution in [2.45, 2.75) is 19.5 Å². The van der Waals surface area contributed by atoms with E-state index in [0.717, 1.165) is 19.6 Å². The minimum atomic E-state index is 0.682. The van der Waals surface area contributed by atoms with Gasteiger partial charge in [0.05, 0.1) is 0 Å². The molecule has 0 radical (unpaired) electrons. The van der Waals surface area contributed by atoms with Crippen LogP contribution in [0.4, 0.5) is 0 Å². The Labute approximate surface area is 79.4 Å². The number of nitrogens with one attached hydrogen (secondary N) is 2. The molecule has 1 aromatic rings. The van der Waals surface area contributed by atoms with Crippen LogP contribution in [0.15, 0.2) is 24.3 Å². The molecule has 0 aromatic heterocycles. The molecule has 2 heteroatoms. The van der Waals surface area contributed by atoms with E-state index >= 15 is 0 Å². The first-order chi connectivity index (χ1) is 6.34. The van der Waals surface area contributed by atoms with Crippen LogP contribution in [-0.4, -0.2) is 19.1 Å². The lowest BCUT2D eigenvalue weighted by Crippen LogP contribution is -2.54. The minimum Gasteiger partial charge on any atom is -0.314 e. The molecule has 70 valence electrons. The van der Waals surface area contributed by atoms with Gasteiger partial charge in [-0.3, -0.25) is 0 Å². The molecule has 0 aliphatic carbocycles. The molecule has 1 saturated heterocycles. The summed E-state index contributed by atoms with van der Waals surface area (Å²) < 4.78 is 0. The van der Waals surface area contributed by atoms with Crippen LogP contribution in [0.2, 0.25) is 0 Å². The van der Waals surface area contributed by atoms with Crippen molar-refractivity contribution in [3.05, 3.63) is 35.4 Å². The fourth-order valence-corrected chi connectivity index (χ4v) is 1.40. The second-order valence-electron chi connectivity index (χ2n) is 3.72. The minimum absolute atomic E-state index is 0.682. The van der Waals surface area contributed by atoms with Gasteiger partial charge in [-0.2, -0.15) is 0 Å². The summed E-state index contributed by atoms with van der Waals surface area (Å²) in [6.45, 7) is 5.34. The van der Waals surface area contributed by atoms with Gasteiger partial charge >= 0.3 is 0 Å². The highest BCUT2D eigenvalue weighted by Gasteiger charge is 2.14. The Balaban J connectivity index is 1.83. The van der Waals surface area contributed by atoms with E-state index in [1.165, 1.54) is 11.1 Å². The maximum absolute atomic E-state index is 3.49. The zero-order valence-electron chi connectivity index (χ0n) is 8.01. The van der Waals surface area contributed by atoms with Crippen molar-refractivity contribution in [3.63, 3.8) is 0 Å². The maximum atomic E-state index is 3.49. The molecule has 13 heavy (non-hydrogen) atoms. The standard InChI is InChI=1S/C11H16N2/c1-9-2-4-10(5-3-9)6-13-11-7-12-8-11/h2-5,11-13H,6-8H2,1H3. The summed E-state index contributed by atoms with van der Waals surface area (Å²) in [7, 11) is 0. The molecule has 0 amide bonds. The summed E-state index contributed by atoms with van der Waals surface area (Å²) in [5.74, 6) is 0.